The molecular formula is C21H29N7O2S. The number of carbonyl (C=O) groups excluding carboxylic acids is 2. The van der Waals surface area contributed by atoms with Crippen LogP contribution in [0.2, 0.25) is 0 Å². The van der Waals surface area contributed by atoms with Crippen molar-refractivity contribution in [2.75, 3.05) is 43.4 Å². The first kappa shape index (κ1) is 21.6. The minimum atomic E-state index is -0.104. The van der Waals surface area contributed by atoms with Gasteiger partial charge in [-0.1, -0.05) is 42.8 Å². The number of carbonyl (C=O) groups is 2. The summed E-state index contributed by atoms with van der Waals surface area (Å²) in [6.45, 7) is 3.43. The van der Waals surface area contributed by atoms with Gasteiger partial charge in [-0.3, -0.25) is 9.59 Å². The molecule has 1 saturated heterocycles. The van der Waals surface area contributed by atoms with Crippen molar-refractivity contribution < 1.29 is 9.59 Å². The fraction of sp³-hybridized carbons (Fsp3) is 0.571. The van der Waals surface area contributed by atoms with Gasteiger partial charge in [0.1, 0.15) is 0 Å². The molecule has 0 radical (unpaired) electrons. The first-order valence-corrected chi connectivity index (χ1v) is 11.9. The number of thioether (sulfide) groups is 1. The van der Waals surface area contributed by atoms with E-state index in [0.717, 1.165) is 25.9 Å². The van der Waals surface area contributed by atoms with Crippen LogP contribution >= 0.6 is 11.8 Å². The van der Waals surface area contributed by atoms with Crippen LogP contribution in [-0.2, 0) is 9.59 Å². The van der Waals surface area contributed by atoms with Gasteiger partial charge in [0.25, 0.3) is 0 Å². The molecule has 1 aliphatic heterocycles. The number of anilines is 1. The fourth-order valence-corrected chi connectivity index (χ4v) is 4.93. The number of tetrazole rings is 1. The molecular weight excluding hydrogens is 414 g/mol. The molecule has 10 heteroatoms. The highest BCUT2D eigenvalue weighted by Crippen LogP contribution is 2.31. The quantitative estimate of drug-likeness (QED) is 0.621. The third-order valence-electron chi connectivity index (χ3n) is 5.88. The van der Waals surface area contributed by atoms with Gasteiger partial charge in [0.05, 0.1) is 11.8 Å². The van der Waals surface area contributed by atoms with Gasteiger partial charge in [-0.15, -0.1) is 5.10 Å². The smallest absolute Gasteiger partial charge is 0.230 e. The highest BCUT2D eigenvalue weighted by molar-refractivity contribution is 7.99. The van der Waals surface area contributed by atoms with E-state index in [1.165, 1.54) is 30.3 Å². The van der Waals surface area contributed by atoms with Crippen molar-refractivity contribution in [3.8, 4) is 0 Å². The number of para-hydroxylation sites is 1. The molecule has 1 saturated carbocycles. The van der Waals surface area contributed by atoms with Gasteiger partial charge in [0.15, 0.2) is 0 Å². The van der Waals surface area contributed by atoms with Crippen LogP contribution in [0.25, 0.3) is 0 Å². The van der Waals surface area contributed by atoms with Gasteiger partial charge in [-0.2, -0.15) is 0 Å². The molecule has 166 valence electrons. The maximum Gasteiger partial charge on any atom is 0.230 e. The van der Waals surface area contributed by atoms with Crippen molar-refractivity contribution in [3.63, 3.8) is 0 Å². The largest absolute Gasteiger partial charge is 0.368 e. The molecule has 2 aliphatic rings. The first-order valence-electron chi connectivity index (χ1n) is 11.0. The van der Waals surface area contributed by atoms with E-state index in [0.29, 0.717) is 37.3 Å². The maximum absolute atomic E-state index is 12.5. The summed E-state index contributed by atoms with van der Waals surface area (Å²) in [7, 11) is 0. The molecule has 2 fully saturated rings. The number of piperazine rings is 1. The minimum Gasteiger partial charge on any atom is -0.368 e. The summed E-state index contributed by atoms with van der Waals surface area (Å²) in [5.74, 6) is 0.232. The van der Waals surface area contributed by atoms with Crippen LogP contribution in [0.1, 0.15) is 38.1 Å². The number of nitrogens with one attached hydrogen (secondary N) is 1. The Balaban J connectivity index is 1.13. The lowest BCUT2D eigenvalue weighted by Gasteiger charge is -2.36. The molecule has 31 heavy (non-hydrogen) atoms. The van der Waals surface area contributed by atoms with Gasteiger partial charge >= 0.3 is 0 Å². The second-order valence-corrected chi connectivity index (χ2v) is 8.88. The molecule has 0 spiro atoms. The lowest BCUT2D eigenvalue weighted by atomic mass is 10.2. The maximum atomic E-state index is 12.5. The SMILES string of the molecule is O=C(CSc1nnnn1C1CCCC1)NCCC(=O)N1CCN(c2ccccc2)CC1. The topological polar surface area (TPSA) is 96.2 Å². The van der Waals surface area contributed by atoms with E-state index >= 15 is 0 Å². The highest BCUT2D eigenvalue weighted by atomic mass is 32.2. The Bertz CT molecular complexity index is 862. The van der Waals surface area contributed by atoms with E-state index in [1.54, 1.807) is 0 Å². The van der Waals surface area contributed by atoms with Crippen molar-refractivity contribution >= 4 is 29.3 Å². The van der Waals surface area contributed by atoms with E-state index in [-0.39, 0.29) is 17.6 Å². The molecule has 0 atom stereocenters. The van der Waals surface area contributed by atoms with Crippen molar-refractivity contribution in [1.29, 1.82) is 0 Å². The molecule has 2 aromatic rings. The standard InChI is InChI=1S/C21H29N7O2S/c29-19(16-31-21-23-24-25-28(21)18-8-4-5-9-18)22-11-10-20(30)27-14-12-26(13-15-27)17-6-2-1-3-7-17/h1-3,6-7,18H,4-5,8-16H2,(H,22,29). The van der Waals surface area contributed by atoms with E-state index in [4.69, 9.17) is 0 Å². The van der Waals surface area contributed by atoms with Gasteiger partial charge in [-0.05, 0) is 35.4 Å². The summed E-state index contributed by atoms with van der Waals surface area (Å²) in [4.78, 5) is 28.8. The van der Waals surface area contributed by atoms with Crippen LogP contribution < -0.4 is 10.2 Å². The predicted octanol–water partition coefficient (Wildman–Crippen LogP) is 1.74. The van der Waals surface area contributed by atoms with Crippen LogP contribution in [-0.4, -0.2) is 75.4 Å². The van der Waals surface area contributed by atoms with Crippen LogP contribution in [0.3, 0.4) is 0 Å². The Morgan fingerprint density at radius 2 is 1.81 bits per heavy atom. The summed E-state index contributed by atoms with van der Waals surface area (Å²) >= 11 is 1.35. The Hall–Kier alpha value is -2.62. The lowest BCUT2D eigenvalue weighted by molar-refractivity contribution is -0.131. The van der Waals surface area contributed by atoms with Crippen LogP contribution in [0, 0.1) is 0 Å². The monoisotopic (exact) mass is 443 g/mol. The normalized spacial score (nSPS) is 17.2. The molecule has 1 aliphatic carbocycles. The summed E-state index contributed by atoms with van der Waals surface area (Å²) in [5, 5.41) is 15.4. The van der Waals surface area contributed by atoms with Gasteiger partial charge < -0.3 is 15.1 Å². The van der Waals surface area contributed by atoms with Crippen molar-refractivity contribution in [2.24, 2.45) is 0 Å². The van der Waals surface area contributed by atoms with Gasteiger partial charge in [0, 0.05) is 44.8 Å². The molecule has 2 heterocycles. The predicted molar refractivity (Wildman–Crippen MR) is 119 cm³/mol. The van der Waals surface area contributed by atoms with Crippen molar-refractivity contribution in [1.82, 2.24) is 30.4 Å². The third kappa shape index (κ3) is 5.75. The molecule has 0 unspecified atom stereocenters. The zero-order chi connectivity index (χ0) is 21.5. The molecule has 4 rings (SSSR count). The summed E-state index contributed by atoms with van der Waals surface area (Å²) < 4.78 is 1.85. The Morgan fingerprint density at radius 1 is 1.06 bits per heavy atom. The van der Waals surface area contributed by atoms with Crippen molar-refractivity contribution in [3.05, 3.63) is 30.3 Å². The van der Waals surface area contributed by atoms with E-state index < -0.39 is 0 Å². The number of hydrogen-bond acceptors (Lipinski definition) is 7. The zero-order valence-corrected chi connectivity index (χ0v) is 18.5. The van der Waals surface area contributed by atoms with Gasteiger partial charge in [0.2, 0.25) is 17.0 Å². The molecule has 1 N–H and O–H groups in total. The number of aromatic nitrogens is 4. The minimum absolute atomic E-state index is 0.0887. The van der Waals surface area contributed by atoms with E-state index in [1.807, 2.05) is 27.8 Å². The lowest BCUT2D eigenvalue weighted by Crippen LogP contribution is -2.49. The summed E-state index contributed by atoms with van der Waals surface area (Å²) in [6, 6.07) is 10.6. The Morgan fingerprint density at radius 3 is 2.55 bits per heavy atom. The molecule has 9 nitrogen and oxygen atoms in total. The number of amides is 2. The average molecular weight is 444 g/mol. The van der Waals surface area contributed by atoms with Crippen LogP contribution in [0.4, 0.5) is 5.69 Å². The second kappa shape index (κ2) is 10.6. The summed E-state index contributed by atoms with van der Waals surface area (Å²) in [5.41, 5.74) is 1.19. The molecule has 1 aromatic carbocycles. The first-order chi connectivity index (χ1) is 15.2. The van der Waals surface area contributed by atoms with Crippen LogP contribution in [0.5, 0.6) is 0 Å². The van der Waals surface area contributed by atoms with Crippen molar-refractivity contribution in [2.45, 2.75) is 43.3 Å². The Kier molecular flexibility index (Phi) is 7.39. The highest BCUT2D eigenvalue weighted by Gasteiger charge is 2.23. The number of benzene rings is 1. The molecule has 2 amide bonds. The van der Waals surface area contributed by atoms with E-state index in [9.17, 15) is 9.59 Å². The second-order valence-electron chi connectivity index (χ2n) is 7.94. The van der Waals surface area contributed by atoms with E-state index in [2.05, 4.69) is 37.9 Å². The number of nitrogens with zero attached hydrogens (tertiary/aromatic N) is 6. The Labute approximate surface area is 186 Å². The molecule has 1 aromatic heterocycles. The fourth-order valence-electron chi connectivity index (χ4n) is 4.16. The van der Waals surface area contributed by atoms with Crippen LogP contribution in [0.15, 0.2) is 35.5 Å². The molecule has 0 bridgehead atoms. The number of rotatable bonds is 8. The number of hydrogen-bond donors (Lipinski definition) is 1. The van der Waals surface area contributed by atoms with Gasteiger partial charge in [-0.25, -0.2) is 4.68 Å². The third-order valence-corrected chi connectivity index (χ3v) is 6.81. The zero-order valence-electron chi connectivity index (χ0n) is 17.7. The summed E-state index contributed by atoms with van der Waals surface area (Å²) in [6.07, 6.45) is 4.90. The average Bonchev–Trinajstić information content (AvgIpc) is 3.50.